The smallest absolute Gasteiger partial charge is 0.182 e. The van der Waals surface area contributed by atoms with Gasteiger partial charge in [0.15, 0.2) is 5.78 Å². The van der Waals surface area contributed by atoms with Gasteiger partial charge < -0.3 is 10.0 Å². The lowest BCUT2D eigenvalue weighted by atomic mass is 9.78. The van der Waals surface area contributed by atoms with Crippen LogP contribution < -0.4 is 0 Å². The van der Waals surface area contributed by atoms with Crippen LogP contribution in [-0.4, -0.2) is 34.7 Å². The lowest BCUT2D eigenvalue weighted by Crippen LogP contribution is -2.34. The van der Waals surface area contributed by atoms with Gasteiger partial charge in [-0.1, -0.05) is 75.2 Å². The second-order valence-corrected chi connectivity index (χ2v) is 11.9. The molecule has 1 saturated heterocycles. The average Bonchev–Trinajstić information content (AvgIpc) is 3.04. The molecule has 0 aromatic heterocycles. The Hall–Kier alpha value is -1.84. The van der Waals surface area contributed by atoms with Crippen LogP contribution in [0, 0.1) is 23.2 Å². The maximum absolute atomic E-state index is 13.3. The average molecular weight is 443 g/mol. The number of amidine groups is 1. The molecule has 4 nitrogen and oxygen atoms in total. The summed E-state index contributed by atoms with van der Waals surface area (Å²) < 4.78 is 0. The number of phenolic OH excluding ortho intramolecular Hbond substituents is 1. The van der Waals surface area contributed by atoms with Crippen LogP contribution in [0.15, 0.2) is 12.1 Å². The summed E-state index contributed by atoms with van der Waals surface area (Å²) in [7, 11) is 0. The molecule has 2 rings (SSSR count). The minimum absolute atomic E-state index is 0.0269. The van der Waals surface area contributed by atoms with Crippen LogP contribution >= 0.6 is 0 Å². The summed E-state index contributed by atoms with van der Waals surface area (Å²) >= 11 is 0. The van der Waals surface area contributed by atoms with Gasteiger partial charge in [0.2, 0.25) is 0 Å². The number of phenols is 1. The molecule has 2 unspecified atom stereocenters. The van der Waals surface area contributed by atoms with E-state index in [-0.39, 0.29) is 29.1 Å². The lowest BCUT2D eigenvalue weighted by Gasteiger charge is -2.28. The third-order valence-electron chi connectivity index (χ3n) is 7.33. The first kappa shape index (κ1) is 26.4. The molecule has 4 heteroatoms. The van der Waals surface area contributed by atoms with Crippen molar-refractivity contribution in [1.82, 2.24) is 4.90 Å². The van der Waals surface area contributed by atoms with Gasteiger partial charge in [-0.15, -0.1) is 0 Å². The molecule has 32 heavy (non-hydrogen) atoms. The standard InChI is InChI=1S/C28H46N2O2/c1-10-19(11-2)14-18(3)21-12-13-30(26(21)29)17-24(31)20-15-22(27(4,5)6)25(32)23(16-20)28(7,8)9/h15-16,18-19,21,29,32H,10-14,17H2,1-9H3. The molecule has 180 valence electrons. The molecule has 1 aliphatic rings. The van der Waals surface area contributed by atoms with Crippen LogP contribution in [0.3, 0.4) is 0 Å². The fourth-order valence-electron chi connectivity index (χ4n) is 5.02. The van der Waals surface area contributed by atoms with E-state index in [1.165, 1.54) is 12.8 Å². The number of rotatable bonds is 8. The summed E-state index contributed by atoms with van der Waals surface area (Å²) in [5, 5.41) is 19.7. The minimum Gasteiger partial charge on any atom is -0.507 e. The van der Waals surface area contributed by atoms with E-state index in [0.29, 0.717) is 23.1 Å². The van der Waals surface area contributed by atoms with Gasteiger partial charge in [-0.25, -0.2) is 0 Å². The van der Waals surface area contributed by atoms with E-state index >= 15 is 0 Å². The number of aromatic hydroxyl groups is 1. The predicted molar refractivity (Wildman–Crippen MR) is 135 cm³/mol. The zero-order valence-corrected chi connectivity index (χ0v) is 21.9. The quantitative estimate of drug-likeness (QED) is 0.429. The van der Waals surface area contributed by atoms with Gasteiger partial charge in [-0.3, -0.25) is 10.2 Å². The van der Waals surface area contributed by atoms with E-state index in [9.17, 15) is 9.90 Å². The summed E-state index contributed by atoms with van der Waals surface area (Å²) in [4.78, 5) is 15.3. The fourth-order valence-corrected chi connectivity index (χ4v) is 5.02. The number of carbonyl (C=O) groups excluding carboxylic acids is 1. The Morgan fingerprint density at radius 3 is 2.03 bits per heavy atom. The van der Waals surface area contributed by atoms with Crippen molar-refractivity contribution >= 4 is 11.6 Å². The monoisotopic (exact) mass is 442 g/mol. The van der Waals surface area contributed by atoms with Crippen molar-refractivity contribution < 1.29 is 9.90 Å². The summed E-state index contributed by atoms with van der Waals surface area (Å²) in [5.41, 5.74) is 1.72. The molecule has 1 aliphatic heterocycles. The molecule has 0 saturated carbocycles. The third kappa shape index (κ3) is 5.94. The van der Waals surface area contributed by atoms with E-state index in [0.717, 1.165) is 36.4 Å². The van der Waals surface area contributed by atoms with E-state index < -0.39 is 0 Å². The van der Waals surface area contributed by atoms with Crippen molar-refractivity contribution in [2.45, 2.75) is 98.8 Å². The molecular formula is C28H46N2O2. The molecule has 0 bridgehead atoms. The Bertz CT molecular complexity index is 790. The number of carbonyl (C=O) groups is 1. The molecule has 1 aromatic carbocycles. The first-order valence-corrected chi connectivity index (χ1v) is 12.4. The van der Waals surface area contributed by atoms with Crippen LogP contribution in [0.2, 0.25) is 0 Å². The normalized spacial score (nSPS) is 18.5. The Labute approximate surface area is 196 Å². The molecule has 0 amide bonds. The van der Waals surface area contributed by atoms with Gasteiger partial charge in [0.05, 0.1) is 12.4 Å². The van der Waals surface area contributed by atoms with Crippen molar-refractivity contribution in [3.63, 3.8) is 0 Å². The number of nitrogens with one attached hydrogen (secondary N) is 1. The second-order valence-electron chi connectivity index (χ2n) is 11.9. The van der Waals surface area contributed by atoms with Gasteiger partial charge in [0.1, 0.15) is 5.75 Å². The Balaban J connectivity index is 2.23. The summed E-state index contributed by atoms with van der Waals surface area (Å²) in [6.45, 7) is 20.2. The topological polar surface area (TPSA) is 64.4 Å². The van der Waals surface area contributed by atoms with Crippen LogP contribution in [0.25, 0.3) is 0 Å². The van der Waals surface area contributed by atoms with E-state index in [1.54, 1.807) is 0 Å². The number of hydrogen-bond acceptors (Lipinski definition) is 3. The lowest BCUT2D eigenvalue weighted by molar-refractivity contribution is 0.0965. The highest BCUT2D eigenvalue weighted by atomic mass is 16.3. The molecule has 1 fully saturated rings. The van der Waals surface area contributed by atoms with E-state index in [1.807, 2.05) is 17.0 Å². The SMILES string of the molecule is CCC(CC)CC(C)C1CCN(CC(=O)c2cc(C(C)(C)C)c(O)c(C(C)(C)C)c2)C1=N. The van der Waals surface area contributed by atoms with Gasteiger partial charge in [-0.05, 0) is 47.6 Å². The number of Topliss-reactive ketones (excluding diaryl/α,β-unsaturated/α-hetero) is 1. The maximum atomic E-state index is 13.3. The molecule has 2 atom stereocenters. The van der Waals surface area contributed by atoms with Gasteiger partial charge >= 0.3 is 0 Å². The van der Waals surface area contributed by atoms with Crippen LogP contribution in [0.4, 0.5) is 0 Å². The van der Waals surface area contributed by atoms with Crippen molar-refractivity contribution in [3.05, 3.63) is 28.8 Å². The zero-order valence-electron chi connectivity index (χ0n) is 21.9. The molecule has 0 radical (unpaired) electrons. The summed E-state index contributed by atoms with van der Waals surface area (Å²) in [6.07, 6.45) is 4.50. The first-order valence-electron chi connectivity index (χ1n) is 12.4. The number of hydrogen-bond donors (Lipinski definition) is 2. The molecule has 0 spiro atoms. The molecular weight excluding hydrogens is 396 g/mol. The first-order chi connectivity index (χ1) is 14.7. The number of ketones is 1. The van der Waals surface area contributed by atoms with Gasteiger partial charge in [0, 0.05) is 29.2 Å². The Morgan fingerprint density at radius 2 is 1.59 bits per heavy atom. The third-order valence-corrected chi connectivity index (χ3v) is 7.33. The van der Waals surface area contributed by atoms with Crippen LogP contribution in [0.1, 0.15) is 109 Å². The maximum Gasteiger partial charge on any atom is 0.182 e. The highest BCUT2D eigenvalue weighted by molar-refractivity contribution is 6.00. The highest BCUT2D eigenvalue weighted by Gasteiger charge is 2.34. The van der Waals surface area contributed by atoms with Gasteiger partial charge in [0.25, 0.3) is 0 Å². The molecule has 1 heterocycles. The van der Waals surface area contributed by atoms with Crippen molar-refractivity contribution in [2.75, 3.05) is 13.1 Å². The largest absolute Gasteiger partial charge is 0.507 e. The number of nitrogens with zero attached hydrogens (tertiary/aromatic N) is 1. The summed E-state index contributed by atoms with van der Waals surface area (Å²) in [5.74, 6) is 2.39. The minimum atomic E-state index is -0.268. The van der Waals surface area contributed by atoms with Crippen LogP contribution in [0.5, 0.6) is 5.75 Å². The second kappa shape index (κ2) is 9.97. The van der Waals surface area contributed by atoms with Crippen molar-refractivity contribution in [2.24, 2.45) is 17.8 Å². The van der Waals surface area contributed by atoms with Crippen molar-refractivity contribution in [1.29, 1.82) is 5.41 Å². The highest BCUT2D eigenvalue weighted by Crippen LogP contribution is 2.40. The Kier molecular flexibility index (Phi) is 8.23. The van der Waals surface area contributed by atoms with Gasteiger partial charge in [-0.2, -0.15) is 0 Å². The predicted octanol–water partition coefficient (Wildman–Crippen LogP) is 6.93. The number of benzene rings is 1. The summed E-state index contributed by atoms with van der Waals surface area (Å²) in [6, 6.07) is 3.72. The van der Waals surface area contributed by atoms with Crippen LogP contribution in [-0.2, 0) is 10.8 Å². The fraction of sp³-hybridized carbons (Fsp3) is 0.714. The van der Waals surface area contributed by atoms with E-state index in [2.05, 4.69) is 62.3 Å². The molecule has 1 aromatic rings. The van der Waals surface area contributed by atoms with E-state index in [4.69, 9.17) is 5.41 Å². The number of likely N-dealkylation sites (tertiary alicyclic amines) is 1. The Morgan fingerprint density at radius 1 is 1.09 bits per heavy atom. The van der Waals surface area contributed by atoms with Crippen molar-refractivity contribution in [3.8, 4) is 5.75 Å². The zero-order chi connectivity index (χ0) is 24.4. The molecule has 0 aliphatic carbocycles. The molecule has 2 N–H and O–H groups in total.